The van der Waals surface area contributed by atoms with Gasteiger partial charge in [-0.2, -0.15) is 0 Å². The number of carbonyl (C=O) groups excluding carboxylic acids is 4. The van der Waals surface area contributed by atoms with E-state index in [0.29, 0.717) is 0 Å². The Bertz CT molecular complexity index is 859. The molecular weight excluding hydrogens is 348 g/mol. The number of imide groups is 1. The highest BCUT2D eigenvalue weighted by atomic mass is 16.5. The Balaban J connectivity index is 1.67. The summed E-state index contributed by atoms with van der Waals surface area (Å²) in [7, 11) is 0. The van der Waals surface area contributed by atoms with E-state index in [4.69, 9.17) is 4.74 Å². The van der Waals surface area contributed by atoms with E-state index >= 15 is 0 Å². The van der Waals surface area contributed by atoms with Crippen LogP contribution in [0.3, 0.4) is 0 Å². The number of hydrogen-bond donors (Lipinski definition) is 1. The Kier molecular flexibility index (Phi) is 5.30. The summed E-state index contributed by atoms with van der Waals surface area (Å²) in [5.74, 6) is -2.12. The highest BCUT2D eigenvalue weighted by molar-refractivity contribution is 6.21. The molecule has 0 spiro atoms. The third kappa shape index (κ3) is 4.03. The van der Waals surface area contributed by atoms with Crippen LogP contribution >= 0.6 is 0 Å². The van der Waals surface area contributed by atoms with Gasteiger partial charge in [0.2, 0.25) is 5.91 Å². The molecule has 3 amide bonds. The molecule has 2 aromatic rings. The van der Waals surface area contributed by atoms with Crippen molar-refractivity contribution in [3.8, 4) is 0 Å². The maximum Gasteiger partial charge on any atom is 0.330 e. The van der Waals surface area contributed by atoms with Crippen molar-refractivity contribution in [3.05, 3.63) is 71.3 Å². The molecule has 0 aliphatic carbocycles. The SMILES string of the molecule is CC(=O)NC(Cc1ccccc1)C(=O)OCN1C(=O)c2ccccc2C1=O. The largest absolute Gasteiger partial charge is 0.442 e. The second-order valence-electron chi connectivity index (χ2n) is 6.12. The fraction of sp³-hybridized carbons (Fsp3) is 0.200. The molecule has 7 nitrogen and oxygen atoms in total. The minimum Gasteiger partial charge on any atom is -0.442 e. The summed E-state index contributed by atoms with van der Waals surface area (Å²) in [6, 6.07) is 14.6. The number of amides is 3. The Hall–Kier alpha value is -3.48. The molecule has 138 valence electrons. The third-order valence-corrected chi connectivity index (χ3v) is 4.16. The van der Waals surface area contributed by atoms with Gasteiger partial charge in [0.05, 0.1) is 11.1 Å². The van der Waals surface area contributed by atoms with E-state index in [1.165, 1.54) is 6.92 Å². The maximum atomic E-state index is 12.4. The van der Waals surface area contributed by atoms with Gasteiger partial charge >= 0.3 is 5.97 Å². The van der Waals surface area contributed by atoms with Gasteiger partial charge in [0, 0.05) is 13.3 Å². The second kappa shape index (κ2) is 7.82. The minimum atomic E-state index is -0.917. The molecule has 1 heterocycles. The second-order valence-corrected chi connectivity index (χ2v) is 6.12. The summed E-state index contributed by atoms with van der Waals surface area (Å²) >= 11 is 0. The predicted octanol–water partition coefficient (Wildman–Crippen LogP) is 1.53. The summed E-state index contributed by atoms with van der Waals surface area (Å²) in [6.07, 6.45) is 0.237. The molecular formula is C20H18N2O5. The fourth-order valence-electron chi connectivity index (χ4n) is 2.87. The number of ether oxygens (including phenoxy) is 1. The Labute approximate surface area is 155 Å². The molecule has 0 fully saturated rings. The average molecular weight is 366 g/mol. The van der Waals surface area contributed by atoms with Crippen molar-refractivity contribution in [1.29, 1.82) is 0 Å². The summed E-state index contributed by atoms with van der Waals surface area (Å²) in [5.41, 5.74) is 1.40. The van der Waals surface area contributed by atoms with Crippen LogP contribution in [0.1, 0.15) is 33.2 Å². The fourth-order valence-corrected chi connectivity index (χ4v) is 2.87. The first-order valence-corrected chi connectivity index (χ1v) is 8.40. The van der Waals surface area contributed by atoms with Crippen LogP contribution in [0.15, 0.2) is 54.6 Å². The first kappa shape index (κ1) is 18.3. The summed E-state index contributed by atoms with van der Waals surface area (Å²) in [6.45, 7) is 0.797. The predicted molar refractivity (Wildman–Crippen MR) is 95.7 cm³/mol. The Morgan fingerprint density at radius 3 is 2.07 bits per heavy atom. The molecule has 1 aliphatic rings. The molecule has 7 heteroatoms. The Morgan fingerprint density at radius 2 is 1.52 bits per heavy atom. The lowest BCUT2D eigenvalue weighted by Crippen LogP contribution is -2.44. The van der Waals surface area contributed by atoms with Crippen LogP contribution < -0.4 is 5.32 Å². The molecule has 0 radical (unpaired) electrons. The zero-order chi connectivity index (χ0) is 19.4. The number of carbonyl (C=O) groups is 4. The van der Waals surface area contributed by atoms with Crippen LogP contribution in [-0.4, -0.2) is 41.4 Å². The quantitative estimate of drug-likeness (QED) is 0.618. The van der Waals surface area contributed by atoms with Crippen LogP contribution in [0, 0.1) is 0 Å². The molecule has 1 N–H and O–H groups in total. The molecule has 0 saturated heterocycles. The van der Waals surface area contributed by atoms with Crippen molar-refractivity contribution in [2.75, 3.05) is 6.73 Å². The van der Waals surface area contributed by atoms with Crippen LogP contribution in [0.2, 0.25) is 0 Å². The van der Waals surface area contributed by atoms with Crippen molar-refractivity contribution in [3.63, 3.8) is 0 Å². The van der Waals surface area contributed by atoms with Gasteiger partial charge in [-0.3, -0.25) is 14.4 Å². The first-order valence-electron chi connectivity index (χ1n) is 8.40. The zero-order valence-electron chi connectivity index (χ0n) is 14.7. The monoisotopic (exact) mass is 366 g/mol. The van der Waals surface area contributed by atoms with Crippen molar-refractivity contribution < 1.29 is 23.9 Å². The molecule has 0 saturated carbocycles. The molecule has 3 rings (SSSR count). The zero-order valence-corrected chi connectivity index (χ0v) is 14.7. The molecule has 1 atom stereocenters. The average Bonchev–Trinajstić information content (AvgIpc) is 2.90. The number of esters is 1. The minimum absolute atomic E-state index is 0.237. The first-order chi connectivity index (χ1) is 13.0. The molecule has 1 unspecified atom stereocenters. The van der Waals surface area contributed by atoms with Crippen molar-refractivity contribution in [2.24, 2.45) is 0 Å². The maximum absolute atomic E-state index is 12.4. The van der Waals surface area contributed by atoms with E-state index in [1.54, 1.807) is 24.3 Å². The number of fused-ring (bicyclic) bond motifs is 1. The third-order valence-electron chi connectivity index (χ3n) is 4.16. The van der Waals surface area contributed by atoms with E-state index in [0.717, 1.165) is 10.5 Å². The number of nitrogens with zero attached hydrogens (tertiary/aromatic N) is 1. The number of hydrogen-bond acceptors (Lipinski definition) is 5. The van der Waals surface area contributed by atoms with E-state index < -0.39 is 30.6 Å². The van der Waals surface area contributed by atoms with Crippen LogP contribution in [0.4, 0.5) is 0 Å². The van der Waals surface area contributed by atoms with Gasteiger partial charge in [0.1, 0.15) is 6.04 Å². The van der Waals surface area contributed by atoms with E-state index in [9.17, 15) is 19.2 Å². The Morgan fingerprint density at radius 1 is 0.963 bits per heavy atom. The smallest absolute Gasteiger partial charge is 0.330 e. The standard InChI is InChI=1S/C20H18N2O5/c1-13(23)21-17(11-14-7-3-2-4-8-14)20(26)27-12-22-18(24)15-9-5-6-10-16(15)19(22)25/h2-10,17H,11-12H2,1H3,(H,21,23). The van der Waals surface area contributed by atoms with E-state index in [2.05, 4.69) is 5.32 Å². The normalized spacial score (nSPS) is 13.9. The highest BCUT2D eigenvalue weighted by Crippen LogP contribution is 2.22. The van der Waals surface area contributed by atoms with Crippen LogP contribution in [0.25, 0.3) is 0 Å². The van der Waals surface area contributed by atoms with E-state index in [-0.39, 0.29) is 23.5 Å². The topological polar surface area (TPSA) is 92.8 Å². The van der Waals surface area contributed by atoms with Gasteiger partial charge in [-0.1, -0.05) is 42.5 Å². The number of benzene rings is 2. The summed E-state index contributed by atoms with van der Waals surface area (Å²) in [5, 5.41) is 2.54. The van der Waals surface area contributed by atoms with Gasteiger partial charge in [-0.15, -0.1) is 0 Å². The lowest BCUT2D eigenvalue weighted by Gasteiger charge is -2.19. The summed E-state index contributed by atoms with van der Waals surface area (Å²) in [4.78, 5) is 49.3. The summed E-state index contributed by atoms with van der Waals surface area (Å²) < 4.78 is 5.16. The van der Waals surface area contributed by atoms with Crippen LogP contribution in [-0.2, 0) is 20.7 Å². The lowest BCUT2D eigenvalue weighted by atomic mass is 10.1. The molecule has 2 aromatic carbocycles. The number of rotatable bonds is 6. The molecule has 0 bridgehead atoms. The van der Waals surface area contributed by atoms with Gasteiger partial charge < -0.3 is 10.1 Å². The van der Waals surface area contributed by atoms with Gasteiger partial charge in [0.25, 0.3) is 11.8 Å². The lowest BCUT2D eigenvalue weighted by molar-refractivity contribution is -0.150. The molecule has 27 heavy (non-hydrogen) atoms. The van der Waals surface area contributed by atoms with Crippen LogP contribution in [0.5, 0.6) is 0 Å². The molecule has 1 aliphatic heterocycles. The van der Waals surface area contributed by atoms with E-state index in [1.807, 2.05) is 30.3 Å². The van der Waals surface area contributed by atoms with Crippen molar-refractivity contribution >= 4 is 23.7 Å². The van der Waals surface area contributed by atoms with Gasteiger partial charge in [-0.05, 0) is 17.7 Å². The molecule has 0 aromatic heterocycles. The van der Waals surface area contributed by atoms with Gasteiger partial charge in [0.15, 0.2) is 6.73 Å². The number of nitrogens with one attached hydrogen (secondary N) is 1. The van der Waals surface area contributed by atoms with Crippen molar-refractivity contribution in [2.45, 2.75) is 19.4 Å². The van der Waals surface area contributed by atoms with Crippen molar-refractivity contribution in [1.82, 2.24) is 10.2 Å². The highest BCUT2D eigenvalue weighted by Gasteiger charge is 2.36. The van der Waals surface area contributed by atoms with Gasteiger partial charge in [-0.25, -0.2) is 9.69 Å².